The van der Waals surface area contributed by atoms with Gasteiger partial charge in [-0.05, 0) is 0 Å². The van der Waals surface area contributed by atoms with E-state index >= 15 is 0 Å². The topological polar surface area (TPSA) is 0 Å². The summed E-state index contributed by atoms with van der Waals surface area (Å²) in [5.74, 6) is 0. The summed E-state index contributed by atoms with van der Waals surface area (Å²) >= 11 is 0. The minimum atomic E-state index is 0. The van der Waals surface area contributed by atoms with E-state index in [-0.39, 0.29) is 71.0 Å². The molecule has 0 aromatic heterocycles. The van der Waals surface area contributed by atoms with Crippen molar-refractivity contribution in [2.75, 3.05) is 0 Å². The fourth-order valence-corrected chi connectivity index (χ4v) is 0. The fraction of sp³-hybridized carbons (Fsp3) is 0. The van der Waals surface area contributed by atoms with Crippen LogP contribution >= 0.6 is 0 Å². The van der Waals surface area contributed by atoms with Crippen LogP contribution in [0.15, 0.2) is 0 Å². The Morgan fingerprint density at radius 2 is 0.500 bits per heavy atom. The summed E-state index contributed by atoms with van der Waals surface area (Å²) in [6, 6.07) is 0. The average Bonchev–Trinajstić information content (AvgIpc) is 0. The summed E-state index contributed by atoms with van der Waals surface area (Å²) in [4.78, 5) is 0. The molecular formula is H3Fe3Ga. The number of hydrogen-bond donors (Lipinski definition) is 0. The number of rotatable bonds is 0. The van der Waals surface area contributed by atoms with Crippen LogP contribution in [0.25, 0.3) is 0 Å². The summed E-state index contributed by atoms with van der Waals surface area (Å²) in [5, 5.41) is 0. The zero-order chi connectivity index (χ0) is 0. The summed E-state index contributed by atoms with van der Waals surface area (Å²) in [6.45, 7) is 0. The second kappa shape index (κ2) is 19.0. The Bertz CT molecular complexity index is 3.25. The van der Waals surface area contributed by atoms with Crippen molar-refractivity contribution in [1.82, 2.24) is 0 Å². The van der Waals surface area contributed by atoms with E-state index in [9.17, 15) is 0 Å². The molecule has 0 bridgehead atoms. The monoisotopic (exact) mass is 240 g/mol. The molecule has 0 aliphatic carbocycles. The molecule has 0 radical (unpaired) electrons. The zero-order valence-electron chi connectivity index (χ0n) is 1.06. The Kier molecular flexibility index (Phi) is 165. The van der Waals surface area contributed by atoms with Gasteiger partial charge >= 0.3 is 19.8 Å². The Morgan fingerprint density at radius 1 is 0.500 bits per heavy atom. The standard InChI is InChI=1S/3Fe.Ga.3H. The third-order valence-electron chi connectivity index (χ3n) is 0. The molecule has 30 valence electrons. The van der Waals surface area contributed by atoms with Gasteiger partial charge in [-0.15, -0.1) is 0 Å². The first-order valence-electron chi connectivity index (χ1n) is 0. The summed E-state index contributed by atoms with van der Waals surface area (Å²) in [6.07, 6.45) is 0. The van der Waals surface area contributed by atoms with E-state index < -0.39 is 0 Å². The molecule has 0 amide bonds. The van der Waals surface area contributed by atoms with E-state index in [0.29, 0.717) is 0 Å². The van der Waals surface area contributed by atoms with E-state index in [0.717, 1.165) is 0 Å². The van der Waals surface area contributed by atoms with Crippen LogP contribution in [0, 0.1) is 0 Å². The Hall–Kier alpha value is 2.19. The van der Waals surface area contributed by atoms with Gasteiger partial charge in [-0.2, -0.15) is 0 Å². The van der Waals surface area contributed by atoms with Crippen molar-refractivity contribution in [2.45, 2.75) is 0 Å². The molecule has 4 heavy (non-hydrogen) atoms. The molecule has 0 nitrogen and oxygen atoms in total. The van der Waals surface area contributed by atoms with Crippen LogP contribution in [0.5, 0.6) is 0 Å². The van der Waals surface area contributed by atoms with Crippen LogP contribution in [0.2, 0.25) is 0 Å². The normalized spacial score (nSPS) is 0. The number of hydrogen-bond acceptors (Lipinski definition) is 0. The van der Waals surface area contributed by atoms with Crippen LogP contribution in [-0.2, 0) is 51.2 Å². The molecular weight excluding hydrogens is 237 g/mol. The van der Waals surface area contributed by atoms with E-state index in [4.69, 9.17) is 0 Å². The van der Waals surface area contributed by atoms with Crippen LogP contribution < -0.4 is 0 Å². The molecule has 0 unspecified atom stereocenters. The molecule has 0 saturated carbocycles. The molecule has 0 aromatic carbocycles. The van der Waals surface area contributed by atoms with Crippen molar-refractivity contribution in [3.8, 4) is 0 Å². The van der Waals surface area contributed by atoms with Crippen LogP contribution in [0.1, 0.15) is 0 Å². The van der Waals surface area contributed by atoms with Gasteiger partial charge in [-0.3, -0.25) is 0 Å². The predicted molar refractivity (Wildman–Crippen MR) is 9.94 cm³/mol. The Morgan fingerprint density at radius 3 is 0.500 bits per heavy atom. The summed E-state index contributed by atoms with van der Waals surface area (Å²) in [7, 11) is 0. The van der Waals surface area contributed by atoms with Crippen molar-refractivity contribution >= 4 is 19.8 Å². The first-order chi connectivity index (χ1) is 0. The Labute approximate surface area is 70.3 Å². The Balaban J connectivity index is 0. The van der Waals surface area contributed by atoms with Gasteiger partial charge in [0.15, 0.2) is 0 Å². The molecule has 0 aliphatic heterocycles. The van der Waals surface area contributed by atoms with Gasteiger partial charge in [0.25, 0.3) is 0 Å². The quantitative estimate of drug-likeness (QED) is 0.467. The molecule has 0 rings (SSSR count). The first-order valence-corrected chi connectivity index (χ1v) is 0. The third kappa shape index (κ3) is 8.89. The van der Waals surface area contributed by atoms with Crippen molar-refractivity contribution in [3.63, 3.8) is 0 Å². The average molecular weight is 240 g/mol. The van der Waals surface area contributed by atoms with Crippen LogP contribution in [0.3, 0.4) is 0 Å². The predicted octanol–water partition coefficient (Wildman–Crippen LogP) is -1.19. The molecule has 0 heterocycles. The molecule has 4 heteroatoms. The van der Waals surface area contributed by atoms with Crippen LogP contribution in [-0.4, -0.2) is 19.8 Å². The van der Waals surface area contributed by atoms with E-state index in [1.54, 1.807) is 0 Å². The fourth-order valence-electron chi connectivity index (χ4n) is 0. The van der Waals surface area contributed by atoms with Gasteiger partial charge in [0.1, 0.15) is 0 Å². The molecule has 0 fully saturated rings. The van der Waals surface area contributed by atoms with Gasteiger partial charge in [0, 0.05) is 51.2 Å². The van der Waals surface area contributed by atoms with Gasteiger partial charge in [0.05, 0.1) is 0 Å². The zero-order valence-corrected chi connectivity index (χ0v) is 4.37. The summed E-state index contributed by atoms with van der Waals surface area (Å²) < 4.78 is 0. The maximum absolute atomic E-state index is 0. The summed E-state index contributed by atoms with van der Waals surface area (Å²) in [5.41, 5.74) is 0. The van der Waals surface area contributed by atoms with E-state index in [1.807, 2.05) is 0 Å². The van der Waals surface area contributed by atoms with E-state index in [1.165, 1.54) is 0 Å². The molecule has 0 aliphatic rings. The van der Waals surface area contributed by atoms with Gasteiger partial charge in [-0.1, -0.05) is 0 Å². The third-order valence-corrected chi connectivity index (χ3v) is 0. The first kappa shape index (κ1) is 34.7. The molecule has 0 spiro atoms. The second-order valence-electron chi connectivity index (χ2n) is 0. The molecule has 0 atom stereocenters. The van der Waals surface area contributed by atoms with Crippen molar-refractivity contribution in [2.24, 2.45) is 0 Å². The molecule has 0 saturated heterocycles. The maximum atomic E-state index is 0. The van der Waals surface area contributed by atoms with Crippen molar-refractivity contribution < 1.29 is 51.2 Å². The van der Waals surface area contributed by atoms with Crippen LogP contribution in [0.4, 0.5) is 0 Å². The van der Waals surface area contributed by atoms with Gasteiger partial charge < -0.3 is 0 Å². The van der Waals surface area contributed by atoms with Crippen molar-refractivity contribution in [1.29, 1.82) is 0 Å². The molecule has 0 aromatic rings. The SMILES string of the molecule is [Fe].[Fe].[Fe].[GaH3]. The minimum absolute atomic E-state index is 0. The molecule has 0 N–H and O–H groups in total. The van der Waals surface area contributed by atoms with Gasteiger partial charge in [0.2, 0.25) is 0 Å². The van der Waals surface area contributed by atoms with E-state index in [2.05, 4.69) is 0 Å². The second-order valence-corrected chi connectivity index (χ2v) is 0. The van der Waals surface area contributed by atoms with Crippen molar-refractivity contribution in [3.05, 3.63) is 0 Å². The van der Waals surface area contributed by atoms with Gasteiger partial charge in [-0.25, -0.2) is 0 Å².